The van der Waals surface area contributed by atoms with Crippen LogP contribution in [0.1, 0.15) is 48.7 Å². The lowest BCUT2D eigenvalue weighted by Gasteiger charge is -2.17. The van der Waals surface area contributed by atoms with Gasteiger partial charge in [0.2, 0.25) is 0 Å². The lowest BCUT2D eigenvalue weighted by atomic mass is 10.1. The second-order valence-corrected chi connectivity index (χ2v) is 5.55. The summed E-state index contributed by atoms with van der Waals surface area (Å²) in [5, 5.41) is 0.313. The van der Waals surface area contributed by atoms with E-state index in [4.69, 9.17) is 11.6 Å². The van der Waals surface area contributed by atoms with E-state index >= 15 is 0 Å². The van der Waals surface area contributed by atoms with Crippen LogP contribution in [0.25, 0.3) is 0 Å². The Balaban J connectivity index is 2.71. The molecule has 1 amide bonds. The minimum Gasteiger partial charge on any atom is -0.469 e. The molecule has 5 nitrogen and oxygen atoms in total. The van der Waals surface area contributed by atoms with Gasteiger partial charge in [-0.2, -0.15) is 0 Å². The van der Waals surface area contributed by atoms with Crippen LogP contribution >= 0.6 is 11.6 Å². The number of carbonyl (C=O) groups is 2. The average Bonchev–Trinajstić information content (AvgIpc) is 2.45. The highest BCUT2D eigenvalue weighted by Crippen LogP contribution is 2.18. The van der Waals surface area contributed by atoms with Crippen molar-refractivity contribution in [3.63, 3.8) is 0 Å². The second kappa shape index (κ2) is 7.98. The van der Waals surface area contributed by atoms with Crippen molar-refractivity contribution in [2.45, 2.75) is 32.6 Å². The summed E-state index contributed by atoms with van der Waals surface area (Å²) in [6.07, 6.45) is 0.854. The first-order valence-electron chi connectivity index (χ1n) is 6.85. The Morgan fingerprint density at radius 2 is 2.05 bits per heavy atom. The first-order chi connectivity index (χ1) is 9.85. The molecular weight excluding hydrogens is 292 g/mol. The van der Waals surface area contributed by atoms with E-state index in [0.717, 1.165) is 5.69 Å². The average molecular weight is 313 g/mol. The standard InChI is InChI=1S/C15H21ClN2O3/c1-10(2)12-8-11(9-13(16)17-12)15(20)18(3)7-5-6-14(19)21-4/h8-10H,5-7H2,1-4H3. The number of pyridine rings is 1. The largest absolute Gasteiger partial charge is 0.469 e. The first kappa shape index (κ1) is 17.4. The summed E-state index contributed by atoms with van der Waals surface area (Å²) < 4.78 is 4.57. The number of esters is 1. The summed E-state index contributed by atoms with van der Waals surface area (Å²) in [4.78, 5) is 29.2. The summed E-state index contributed by atoms with van der Waals surface area (Å²) >= 11 is 5.96. The lowest BCUT2D eigenvalue weighted by Crippen LogP contribution is -2.28. The van der Waals surface area contributed by atoms with E-state index in [1.165, 1.54) is 7.11 Å². The van der Waals surface area contributed by atoms with Crippen LogP contribution in [-0.4, -0.2) is 42.5 Å². The zero-order valence-corrected chi connectivity index (χ0v) is 13.6. The van der Waals surface area contributed by atoms with Gasteiger partial charge in [0.1, 0.15) is 5.15 Å². The van der Waals surface area contributed by atoms with Crippen LogP contribution in [-0.2, 0) is 9.53 Å². The van der Waals surface area contributed by atoms with E-state index in [9.17, 15) is 9.59 Å². The van der Waals surface area contributed by atoms with Gasteiger partial charge in [0.15, 0.2) is 0 Å². The maximum atomic E-state index is 12.3. The minimum atomic E-state index is -0.273. The number of nitrogens with zero attached hydrogens (tertiary/aromatic N) is 2. The van der Waals surface area contributed by atoms with Gasteiger partial charge >= 0.3 is 5.97 Å². The molecule has 1 heterocycles. The van der Waals surface area contributed by atoms with Crippen LogP contribution < -0.4 is 0 Å². The van der Waals surface area contributed by atoms with Crippen molar-refractivity contribution in [3.05, 3.63) is 28.5 Å². The molecule has 21 heavy (non-hydrogen) atoms. The molecule has 0 unspecified atom stereocenters. The molecule has 0 saturated carbocycles. The first-order valence-corrected chi connectivity index (χ1v) is 7.22. The predicted octanol–water partition coefficient (Wildman–Crippen LogP) is 2.88. The third-order valence-electron chi connectivity index (χ3n) is 3.10. The number of rotatable bonds is 6. The number of ether oxygens (including phenoxy) is 1. The minimum absolute atomic E-state index is 0.133. The number of amides is 1. The highest BCUT2D eigenvalue weighted by Gasteiger charge is 2.15. The molecule has 0 radical (unpaired) electrons. The normalized spacial score (nSPS) is 10.6. The molecule has 0 fully saturated rings. The van der Waals surface area contributed by atoms with Gasteiger partial charge in [-0.05, 0) is 24.5 Å². The molecule has 0 N–H and O–H groups in total. The van der Waals surface area contributed by atoms with Crippen molar-refractivity contribution in [1.29, 1.82) is 0 Å². The maximum Gasteiger partial charge on any atom is 0.305 e. The fourth-order valence-electron chi connectivity index (χ4n) is 1.82. The third-order valence-corrected chi connectivity index (χ3v) is 3.29. The zero-order chi connectivity index (χ0) is 16.0. The van der Waals surface area contributed by atoms with Crippen LogP contribution in [0.4, 0.5) is 0 Å². The summed E-state index contributed by atoms with van der Waals surface area (Å²) in [7, 11) is 3.05. The molecule has 0 aliphatic carbocycles. The molecule has 0 aliphatic heterocycles. The Kier molecular flexibility index (Phi) is 6.62. The van der Waals surface area contributed by atoms with Crippen LogP contribution in [0.5, 0.6) is 0 Å². The van der Waals surface area contributed by atoms with E-state index in [2.05, 4.69) is 9.72 Å². The van der Waals surface area contributed by atoms with Crippen molar-refractivity contribution in [2.75, 3.05) is 20.7 Å². The molecule has 0 bridgehead atoms. The number of aromatic nitrogens is 1. The van der Waals surface area contributed by atoms with Gasteiger partial charge in [0.25, 0.3) is 5.91 Å². The van der Waals surface area contributed by atoms with E-state index in [1.54, 1.807) is 24.1 Å². The second-order valence-electron chi connectivity index (χ2n) is 5.16. The summed E-state index contributed by atoms with van der Waals surface area (Å²) in [5.41, 5.74) is 1.30. The van der Waals surface area contributed by atoms with Gasteiger partial charge in [0, 0.05) is 31.3 Å². The van der Waals surface area contributed by atoms with E-state index in [-0.39, 0.29) is 17.8 Å². The Morgan fingerprint density at radius 1 is 1.38 bits per heavy atom. The number of hydrogen-bond acceptors (Lipinski definition) is 4. The summed E-state index contributed by atoms with van der Waals surface area (Å²) in [6, 6.07) is 3.32. The molecular formula is C15H21ClN2O3. The fourth-order valence-corrected chi connectivity index (χ4v) is 2.04. The Labute approximate surface area is 130 Å². The topological polar surface area (TPSA) is 59.5 Å². The maximum absolute atomic E-state index is 12.3. The highest BCUT2D eigenvalue weighted by molar-refractivity contribution is 6.29. The number of halogens is 1. The van der Waals surface area contributed by atoms with Crippen molar-refractivity contribution < 1.29 is 14.3 Å². The molecule has 0 aliphatic rings. The quantitative estimate of drug-likeness (QED) is 0.598. The number of carbonyl (C=O) groups excluding carboxylic acids is 2. The number of hydrogen-bond donors (Lipinski definition) is 0. The molecule has 0 spiro atoms. The Bertz CT molecular complexity index is 518. The molecule has 6 heteroatoms. The summed E-state index contributed by atoms with van der Waals surface area (Å²) in [5.74, 6) is -0.212. The monoisotopic (exact) mass is 312 g/mol. The SMILES string of the molecule is COC(=O)CCCN(C)C(=O)c1cc(Cl)nc(C(C)C)c1. The molecule has 0 saturated heterocycles. The van der Waals surface area contributed by atoms with Gasteiger partial charge in [-0.15, -0.1) is 0 Å². The molecule has 1 aromatic rings. The Morgan fingerprint density at radius 3 is 2.62 bits per heavy atom. The van der Waals surface area contributed by atoms with Crippen molar-refractivity contribution in [2.24, 2.45) is 0 Å². The van der Waals surface area contributed by atoms with Crippen LogP contribution in [0.2, 0.25) is 5.15 Å². The molecule has 0 aromatic carbocycles. The lowest BCUT2D eigenvalue weighted by molar-refractivity contribution is -0.140. The molecule has 1 aromatic heterocycles. The van der Waals surface area contributed by atoms with Gasteiger partial charge in [-0.1, -0.05) is 25.4 Å². The van der Waals surface area contributed by atoms with Gasteiger partial charge < -0.3 is 9.64 Å². The Hall–Kier alpha value is -1.62. The van der Waals surface area contributed by atoms with Gasteiger partial charge in [-0.3, -0.25) is 9.59 Å². The smallest absolute Gasteiger partial charge is 0.305 e. The van der Waals surface area contributed by atoms with Crippen molar-refractivity contribution >= 4 is 23.5 Å². The van der Waals surface area contributed by atoms with Gasteiger partial charge in [-0.25, -0.2) is 4.98 Å². The van der Waals surface area contributed by atoms with E-state index in [0.29, 0.717) is 30.1 Å². The third kappa shape index (κ3) is 5.34. The van der Waals surface area contributed by atoms with E-state index < -0.39 is 0 Å². The fraction of sp³-hybridized carbons (Fsp3) is 0.533. The van der Waals surface area contributed by atoms with Gasteiger partial charge in [0.05, 0.1) is 7.11 Å². The highest BCUT2D eigenvalue weighted by atomic mass is 35.5. The predicted molar refractivity (Wildman–Crippen MR) is 81.5 cm³/mol. The summed E-state index contributed by atoms with van der Waals surface area (Å²) in [6.45, 7) is 4.46. The van der Waals surface area contributed by atoms with Crippen LogP contribution in [0, 0.1) is 0 Å². The van der Waals surface area contributed by atoms with Crippen LogP contribution in [0.15, 0.2) is 12.1 Å². The van der Waals surface area contributed by atoms with E-state index in [1.807, 2.05) is 13.8 Å². The molecule has 1 rings (SSSR count). The van der Waals surface area contributed by atoms with Crippen molar-refractivity contribution in [3.8, 4) is 0 Å². The molecule has 116 valence electrons. The van der Waals surface area contributed by atoms with Crippen molar-refractivity contribution in [1.82, 2.24) is 9.88 Å². The van der Waals surface area contributed by atoms with Crippen LogP contribution in [0.3, 0.4) is 0 Å². The molecule has 0 atom stereocenters. The number of methoxy groups -OCH3 is 1. The zero-order valence-electron chi connectivity index (χ0n) is 12.9.